The molecule has 12 heavy (non-hydrogen) atoms. The molecule has 1 rings (SSSR count). The first-order valence-corrected chi connectivity index (χ1v) is 5.41. The van der Waals surface area contributed by atoms with Crippen molar-refractivity contribution >= 4 is 0 Å². The van der Waals surface area contributed by atoms with Gasteiger partial charge in [0.1, 0.15) is 0 Å². The first-order valence-electron chi connectivity index (χ1n) is 5.41. The third-order valence-electron chi connectivity index (χ3n) is 3.07. The van der Waals surface area contributed by atoms with Gasteiger partial charge in [0.25, 0.3) is 0 Å². The third-order valence-corrected chi connectivity index (χ3v) is 3.07. The largest absolute Gasteiger partial charge is 0.314 e. The molecule has 1 atom stereocenters. The summed E-state index contributed by atoms with van der Waals surface area (Å²) in [4.78, 5) is 0. The van der Waals surface area contributed by atoms with Gasteiger partial charge in [-0.15, -0.1) is 0 Å². The molecule has 1 nitrogen and oxygen atoms in total. The highest BCUT2D eigenvalue weighted by atomic mass is 14.9. The molecular weight excluding hydrogens is 146 g/mol. The van der Waals surface area contributed by atoms with Crippen LogP contribution in [0.1, 0.15) is 45.4 Å². The van der Waals surface area contributed by atoms with E-state index in [1.807, 2.05) is 0 Å². The maximum absolute atomic E-state index is 3.86. The summed E-state index contributed by atoms with van der Waals surface area (Å²) in [7, 11) is 0. The van der Waals surface area contributed by atoms with Gasteiger partial charge in [0.05, 0.1) is 0 Å². The van der Waals surface area contributed by atoms with Crippen LogP contribution in [0.2, 0.25) is 0 Å². The van der Waals surface area contributed by atoms with Crippen LogP contribution in [0, 0.1) is 12.8 Å². The summed E-state index contributed by atoms with van der Waals surface area (Å²) in [5.74, 6) is 0.936. The Bertz CT molecular complexity index is 103. The second kappa shape index (κ2) is 5.58. The van der Waals surface area contributed by atoms with E-state index in [1.165, 1.54) is 38.5 Å². The molecule has 1 radical (unpaired) electrons. The van der Waals surface area contributed by atoms with Crippen molar-refractivity contribution in [2.45, 2.75) is 51.5 Å². The molecule has 1 aliphatic carbocycles. The fourth-order valence-corrected chi connectivity index (χ4v) is 2.37. The highest BCUT2D eigenvalue weighted by Crippen LogP contribution is 2.27. The van der Waals surface area contributed by atoms with E-state index in [1.54, 1.807) is 0 Å². The molecule has 0 amide bonds. The lowest BCUT2D eigenvalue weighted by Crippen LogP contribution is -2.36. The average Bonchev–Trinajstić information content (AvgIpc) is 2.15. The molecule has 0 spiro atoms. The maximum Gasteiger partial charge on any atom is 0.00926 e. The van der Waals surface area contributed by atoms with E-state index in [4.69, 9.17) is 0 Å². The molecule has 0 bridgehead atoms. The number of hydrogen-bond acceptors (Lipinski definition) is 1. The van der Waals surface area contributed by atoms with Gasteiger partial charge in [-0.3, -0.25) is 0 Å². The van der Waals surface area contributed by atoms with Gasteiger partial charge >= 0.3 is 0 Å². The molecule has 1 N–H and O–H groups in total. The van der Waals surface area contributed by atoms with Gasteiger partial charge in [-0.2, -0.15) is 0 Å². The van der Waals surface area contributed by atoms with E-state index in [2.05, 4.69) is 19.2 Å². The van der Waals surface area contributed by atoms with Crippen LogP contribution in [0.25, 0.3) is 0 Å². The first kappa shape index (κ1) is 10.0. The number of nitrogens with one attached hydrogen (secondary N) is 1. The molecule has 0 aromatic heterocycles. The Hall–Kier alpha value is -0.0400. The minimum atomic E-state index is 0.739. The van der Waals surface area contributed by atoms with Crippen molar-refractivity contribution in [3.05, 3.63) is 6.92 Å². The molecule has 1 aliphatic rings. The second-order valence-corrected chi connectivity index (χ2v) is 3.87. The molecule has 71 valence electrons. The minimum Gasteiger partial charge on any atom is -0.314 e. The summed E-state index contributed by atoms with van der Waals surface area (Å²) < 4.78 is 0. The van der Waals surface area contributed by atoms with Gasteiger partial charge in [-0.1, -0.05) is 26.2 Å². The molecule has 1 saturated carbocycles. The van der Waals surface area contributed by atoms with E-state index in [0.717, 1.165) is 18.5 Å². The molecule has 1 fully saturated rings. The molecule has 0 heterocycles. The summed E-state index contributed by atoms with van der Waals surface area (Å²) in [6.07, 6.45) is 8.48. The zero-order chi connectivity index (χ0) is 8.81. The second-order valence-electron chi connectivity index (χ2n) is 3.87. The van der Waals surface area contributed by atoms with Gasteiger partial charge in [0, 0.05) is 6.04 Å². The molecule has 1 unspecified atom stereocenters. The highest BCUT2D eigenvalue weighted by molar-refractivity contribution is 4.78. The normalized spacial score (nSPS) is 22.5. The van der Waals surface area contributed by atoms with Crippen LogP contribution in [0.5, 0.6) is 0 Å². The Labute approximate surface area is 76.9 Å². The number of hydrogen-bond donors (Lipinski definition) is 1. The lowest BCUT2D eigenvalue weighted by Gasteiger charge is -2.30. The van der Waals surface area contributed by atoms with Crippen LogP contribution in [-0.2, 0) is 0 Å². The van der Waals surface area contributed by atoms with Gasteiger partial charge in [-0.25, -0.2) is 0 Å². The van der Waals surface area contributed by atoms with Crippen molar-refractivity contribution in [2.75, 3.05) is 6.54 Å². The van der Waals surface area contributed by atoms with Crippen molar-refractivity contribution < 1.29 is 0 Å². The maximum atomic E-state index is 3.86. The fourth-order valence-electron chi connectivity index (χ4n) is 2.37. The molecule has 0 aromatic carbocycles. The predicted molar refractivity (Wildman–Crippen MR) is 54.0 cm³/mol. The van der Waals surface area contributed by atoms with Gasteiger partial charge in [0.2, 0.25) is 0 Å². The highest BCUT2D eigenvalue weighted by Gasteiger charge is 2.20. The molecule has 0 aliphatic heterocycles. The summed E-state index contributed by atoms with van der Waals surface area (Å²) in [6, 6.07) is 0.739. The van der Waals surface area contributed by atoms with Crippen LogP contribution < -0.4 is 5.32 Å². The monoisotopic (exact) mass is 168 g/mol. The Morgan fingerprint density at radius 1 is 1.33 bits per heavy atom. The van der Waals surface area contributed by atoms with Crippen molar-refractivity contribution in [1.29, 1.82) is 0 Å². The zero-order valence-electron chi connectivity index (χ0n) is 8.31. The van der Waals surface area contributed by atoms with Gasteiger partial charge < -0.3 is 5.32 Å². The molecular formula is C11H22N. The quantitative estimate of drug-likeness (QED) is 0.680. The molecule has 0 saturated heterocycles. The van der Waals surface area contributed by atoms with Gasteiger partial charge in [0.15, 0.2) is 0 Å². The first-order chi connectivity index (χ1) is 5.88. The van der Waals surface area contributed by atoms with E-state index < -0.39 is 0 Å². The average molecular weight is 168 g/mol. The summed E-state index contributed by atoms with van der Waals surface area (Å²) in [5.41, 5.74) is 0. The predicted octanol–water partition coefficient (Wildman–Crippen LogP) is 2.77. The lowest BCUT2D eigenvalue weighted by molar-refractivity contribution is 0.268. The topological polar surface area (TPSA) is 12.0 Å². The fraction of sp³-hybridized carbons (Fsp3) is 0.909. The summed E-state index contributed by atoms with van der Waals surface area (Å²) in [6.45, 7) is 7.02. The standard InChI is InChI=1S/C11H22N/c1-3-11(12-4-2)10-8-6-5-7-9-10/h10-12H,2-9H2,1H3. The minimum absolute atomic E-state index is 0.739. The van der Waals surface area contributed by atoms with E-state index in [-0.39, 0.29) is 0 Å². The zero-order valence-corrected chi connectivity index (χ0v) is 8.31. The molecule has 0 aromatic rings. The summed E-state index contributed by atoms with van der Waals surface area (Å²) >= 11 is 0. The Morgan fingerprint density at radius 3 is 2.50 bits per heavy atom. The van der Waals surface area contributed by atoms with Crippen LogP contribution in [0.4, 0.5) is 0 Å². The van der Waals surface area contributed by atoms with Crippen LogP contribution in [0.3, 0.4) is 0 Å². The Morgan fingerprint density at radius 2 is 2.00 bits per heavy atom. The third kappa shape index (κ3) is 2.78. The Kier molecular flexibility index (Phi) is 4.67. The van der Waals surface area contributed by atoms with Crippen molar-refractivity contribution in [3.8, 4) is 0 Å². The van der Waals surface area contributed by atoms with Crippen molar-refractivity contribution in [3.63, 3.8) is 0 Å². The smallest absolute Gasteiger partial charge is 0.00926 e. The van der Waals surface area contributed by atoms with Crippen LogP contribution in [-0.4, -0.2) is 12.6 Å². The Balaban J connectivity index is 2.29. The summed E-state index contributed by atoms with van der Waals surface area (Å²) in [5, 5.41) is 3.49. The van der Waals surface area contributed by atoms with Crippen molar-refractivity contribution in [1.82, 2.24) is 5.32 Å². The lowest BCUT2D eigenvalue weighted by atomic mass is 9.83. The molecule has 1 heteroatoms. The SMILES string of the molecule is [CH2]CNC(CC)C1CCCCC1. The van der Waals surface area contributed by atoms with E-state index in [9.17, 15) is 0 Å². The van der Waals surface area contributed by atoms with E-state index >= 15 is 0 Å². The van der Waals surface area contributed by atoms with Crippen molar-refractivity contribution in [2.24, 2.45) is 5.92 Å². The van der Waals surface area contributed by atoms with E-state index in [0.29, 0.717) is 0 Å². The van der Waals surface area contributed by atoms with Gasteiger partial charge in [-0.05, 0) is 38.6 Å². The van der Waals surface area contributed by atoms with Crippen LogP contribution >= 0.6 is 0 Å². The van der Waals surface area contributed by atoms with Crippen LogP contribution in [0.15, 0.2) is 0 Å². The number of rotatable bonds is 4.